The van der Waals surface area contributed by atoms with Crippen LogP contribution in [0.3, 0.4) is 0 Å². The van der Waals surface area contributed by atoms with Crippen LogP contribution >= 0.6 is 0 Å². The minimum atomic E-state index is -1.05. The molecule has 0 spiro atoms. The van der Waals surface area contributed by atoms with E-state index in [1.165, 1.54) is 6.26 Å². The maximum atomic E-state index is 10.9. The zero-order chi connectivity index (χ0) is 12.3. The highest BCUT2D eigenvalue weighted by Gasteiger charge is 2.15. The van der Waals surface area contributed by atoms with Crippen molar-refractivity contribution in [3.63, 3.8) is 0 Å². The van der Waals surface area contributed by atoms with Gasteiger partial charge in [0.05, 0.1) is 18.1 Å². The van der Waals surface area contributed by atoms with Gasteiger partial charge in [0.2, 0.25) is 5.76 Å². The molecule has 2 rings (SSSR count). The van der Waals surface area contributed by atoms with Crippen molar-refractivity contribution < 1.29 is 14.3 Å². The molecule has 0 aromatic carbocycles. The third-order valence-corrected chi connectivity index (χ3v) is 2.44. The van der Waals surface area contributed by atoms with Gasteiger partial charge in [0, 0.05) is 25.4 Å². The Bertz CT molecular complexity index is 507. The van der Waals surface area contributed by atoms with Gasteiger partial charge in [0.1, 0.15) is 0 Å². The fourth-order valence-corrected chi connectivity index (χ4v) is 1.57. The number of anilines is 1. The maximum absolute atomic E-state index is 10.9. The first kappa shape index (κ1) is 11.2. The van der Waals surface area contributed by atoms with Crippen molar-refractivity contribution in [3.05, 3.63) is 48.2 Å². The highest BCUT2D eigenvalue weighted by molar-refractivity contribution is 5.86. The molecule has 0 saturated heterocycles. The molecule has 17 heavy (non-hydrogen) atoms. The fraction of sp³-hybridized carbons (Fsp3) is 0.167. The summed E-state index contributed by atoms with van der Waals surface area (Å²) >= 11 is 0. The Balaban J connectivity index is 2.16. The smallest absolute Gasteiger partial charge is 0.372 e. The van der Waals surface area contributed by atoms with Gasteiger partial charge in [-0.2, -0.15) is 0 Å². The second-order valence-electron chi connectivity index (χ2n) is 3.65. The van der Waals surface area contributed by atoms with Gasteiger partial charge in [-0.3, -0.25) is 4.98 Å². The average molecular weight is 232 g/mol. The Morgan fingerprint density at radius 3 is 3.00 bits per heavy atom. The molecule has 0 atom stereocenters. The van der Waals surface area contributed by atoms with Crippen LogP contribution in [-0.2, 0) is 6.54 Å². The summed E-state index contributed by atoms with van der Waals surface area (Å²) in [6, 6.07) is 5.41. The minimum absolute atomic E-state index is 0.0132. The number of rotatable bonds is 4. The van der Waals surface area contributed by atoms with Crippen LogP contribution in [0.1, 0.15) is 16.1 Å². The number of carbonyl (C=O) groups is 1. The van der Waals surface area contributed by atoms with Crippen LogP contribution in [0, 0.1) is 0 Å². The maximum Gasteiger partial charge on any atom is 0.372 e. The van der Waals surface area contributed by atoms with Crippen molar-refractivity contribution in [1.29, 1.82) is 0 Å². The summed E-state index contributed by atoms with van der Waals surface area (Å²) in [5.74, 6) is -1.06. The monoisotopic (exact) mass is 232 g/mol. The van der Waals surface area contributed by atoms with Gasteiger partial charge in [0.15, 0.2) is 0 Å². The first-order chi connectivity index (χ1) is 8.18. The predicted octanol–water partition coefficient (Wildman–Crippen LogP) is 2.01. The van der Waals surface area contributed by atoms with Crippen LogP contribution in [0.4, 0.5) is 5.69 Å². The summed E-state index contributed by atoms with van der Waals surface area (Å²) in [6.45, 7) is 0.462. The van der Waals surface area contributed by atoms with Crippen molar-refractivity contribution in [1.82, 2.24) is 4.98 Å². The van der Waals surface area contributed by atoms with Gasteiger partial charge >= 0.3 is 5.97 Å². The standard InChI is InChI=1S/C12H12N2O3/c1-14(10-3-2-5-13-7-10)8-9-4-6-17-11(9)12(15)16/h2-7H,8H2,1H3,(H,15,16). The molecule has 0 saturated carbocycles. The van der Waals surface area contributed by atoms with Gasteiger partial charge in [-0.15, -0.1) is 0 Å². The molecule has 0 bridgehead atoms. The van der Waals surface area contributed by atoms with E-state index in [1.54, 1.807) is 18.5 Å². The normalized spacial score (nSPS) is 10.2. The van der Waals surface area contributed by atoms with Gasteiger partial charge in [-0.25, -0.2) is 4.79 Å². The molecule has 0 radical (unpaired) electrons. The van der Waals surface area contributed by atoms with Gasteiger partial charge in [0.25, 0.3) is 0 Å². The lowest BCUT2D eigenvalue weighted by atomic mass is 10.2. The number of furan rings is 1. The Morgan fingerprint density at radius 2 is 2.35 bits per heavy atom. The number of aromatic carboxylic acids is 1. The number of carboxylic acid groups (broad SMARTS) is 1. The molecule has 2 aromatic rings. The Morgan fingerprint density at radius 1 is 1.53 bits per heavy atom. The number of pyridine rings is 1. The lowest BCUT2D eigenvalue weighted by Crippen LogP contribution is -2.17. The van der Waals surface area contributed by atoms with E-state index < -0.39 is 5.97 Å². The quantitative estimate of drug-likeness (QED) is 0.873. The first-order valence-corrected chi connectivity index (χ1v) is 5.09. The van der Waals surface area contributed by atoms with Gasteiger partial charge < -0.3 is 14.4 Å². The zero-order valence-electron chi connectivity index (χ0n) is 9.33. The fourth-order valence-electron chi connectivity index (χ4n) is 1.57. The number of nitrogens with zero attached hydrogens (tertiary/aromatic N) is 2. The van der Waals surface area contributed by atoms with Crippen LogP contribution in [0.25, 0.3) is 0 Å². The molecule has 0 aliphatic carbocycles. The molecule has 0 fully saturated rings. The summed E-state index contributed by atoms with van der Waals surface area (Å²) in [4.78, 5) is 16.8. The van der Waals surface area contributed by atoms with Gasteiger partial charge in [-0.1, -0.05) is 0 Å². The molecular formula is C12H12N2O3. The van der Waals surface area contributed by atoms with Crippen molar-refractivity contribution >= 4 is 11.7 Å². The predicted molar refractivity (Wildman–Crippen MR) is 62.0 cm³/mol. The number of hydrogen-bond donors (Lipinski definition) is 1. The summed E-state index contributed by atoms with van der Waals surface area (Å²) < 4.78 is 4.92. The lowest BCUT2D eigenvalue weighted by molar-refractivity contribution is 0.0661. The van der Waals surface area contributed by atoms with E-state index in [-0.39, 0.29) is 5.76 Å². The third-order valence-electron chi connectivity index (χ3n) is 2.44. The summed E-state index contributed by atoms with van der Waals surface area (Å²) in [5, 5.41) is 8.91. The molecule has 5 nitrogen and oxygen atoms in total. The van der Waals surface area contributed by atoms with E-state index >= 15 is 0 Å². The lowest BCUT2D eigenvalue weighted by Gasteiger charge is -2.17. The largest absolute Gasteiger partial charge is 0.475 e. The van der Waals surface area contributed by atoms with E-state index in [0.29, 0.717) is 12.1 Å². The van der Waals surface area contributed by atoms with E-state index in [9.17, 15) is 4.79 Å². The van der Waals surface area contributed by atoms with E-state index in [1.807, 2.05) is 24.1 Å². The number of hydrogen-bond acceptors (Lipinski definition) is 4. The van der Waals surface area contributed by atoms with E-state index in [4.69, 9.17) is 9.52 Å². The third kappa shape index (κ3) is 2.44. The topological polar surface area (TPSA) is 66.6 Å². The summed E-state index contributed by atoms with van der Waals surface area (Å²) in [6.07, 6.45) is 4.80. The first-order valence-electron chi connectivity index (χ1n) is 5.09. The van der Waals surface area contributed by atoms with Crippen LogP contribution in [0.15, 0.2) is 41.3 Å². The Hall–Kier alpha value is -2.30. The Kier molecular flexibility index (Phi) is 3.09. The number of aromatic nitrogens is 1. The molecule has 0 amide bonds. The molecule has 0 aliphatic rings. The van der Waals surface area contributed by atoms with E-state index in [2.05, 4.69) is 4.98 Å². The molecule has 0 unspecified atom stereocenters. The van der Waals surface area contributed by atoms with Crippen LogP contribution in [-0.4, -0.2) is 23.1 Å². The average Bonchev–Trinajstić information content (AvgIpc) is 2.78. The highest BCUT2D eigenvalue weighted by atomic mass is 16.4. The molecule has 2 heterocycles. The van der Waals surface area contributed by atoms with Crippen LogP contribution < -0.4 is 4.90 Å². The Labute approximate surface area is 98.3 Å². The summed E-state index contributed by atoms with van der Waals surface area (Å²) in [5.41, 5.74) is 1.56. The van der Waals surface area contributed by atoms with Crippen LogP contribution in [0.2, 0.25) is 0 Å². The minimum Gasteiger partial charge on any atom is -0.475 e. The van der Waals surface area contributed by atoms with Crippen molar-refractivity contribution in [3.8, 4) is 0 Å². The highest BCUT2D eigenvalue weighted by Crippen LogP contribution is 2.17. The molecule has 5 heteroatoms. The second kappa shape index (κ2) is 4.69. The molecule has 1 N–H and O–H groups in total. The van der Waals surface area contributed by atoms with Crippen LogP contribution in [0.5, 0.6) is 0 Å². The SMILES string of the molecule is CN(Cc1ccoc1C(=O)O)c1cccnc1. The molecule has 88 valence electrons. The zero-order valence-corrected chi connectivity index (χ0v) is 9.33. The summed E-state index contributed by atoms with van der Waals surface area (Å²) in [7, 11) is 1.87. The van der Waals surface area contributed by atoms with E-state index in [0.717, 1.165) is 5.69 Å². The van der Waals surface area contributed by atoms with Crippen molar-refractivity contribution in [2.75, 3.05) is 11.9 Å². The molecule has 0 aliphatic heterocycles. The molecule has 2 aromatic heterocycles. The number of carboxylic acids is 1. The van der Waals surface area contributed by atoms with Crippen molar-refractivity contribution in [2.24, 2.45) is 0 Å². The molecular weight excluding hydrogens is 220 g/mol. The van der Waals surface area contributed by atoms with Crippen molar-refractivity contribution in [2.45, 2.75) is 6.54 Å². The second-order valence-corrected chi connectivity index (χ2v) is 3.65. The van der Waals surface area contributed by atoms with Gasteiger partial charge in [-0.05, 0) is 18.2 Å².